The highest BCUT2D eigenvalue weighted by Gasteiger charge is 2.28. The van der Waals surface area contributed by atoms with Crippen LogP contribution in [0.25, 0.3) is 0 Å². The van der Waals surface area contributed by atoms with Crippen molar-refractivity contribution in [3.63, 3.8) is 0 Å². The first-order chi connectivity index (χ1) is 8.26. The summed E-state index contributed by atoms with van der Waals surface area (Å²) in [6.07, 6.45) is 0. The number of aliphatic hydroxyl groups is 1. The molecule has 0 aliphatic carbocycles. The van der Waals surface area contributed by atoms with Gasteiger partial charge in [0.25, 0.3) is 11.6 Å². The number of nitro groups is 1. The fourth-order valence-electron chi connectivity index (χ4n) is 1.11. The molecule has 2 N–H and O–H groups in total. The first kappa shape index (κ1) is 14.9. The van der Waals surface area contributed by atoms with Crippen molar-refractivity contribution < 1.29 is 18.8 Å². The van der Waals surface area contributed by atoms with Crippen molar-refractivity contribution in [2.24, 2.45) is 0 Å². The molecule has 0 aromatic heterocycles. The van der Waals surface area contributed by atoms with Crippen molar-refractivity contribution in [1.29, 1.82) is 0 Å². The minimum absolute atomic E-state index is 0.0444. The Balaban J connectivity index is 2.94. The largest absolute Gasteiger partial charge is 0.390 e. The van der Waals surface area contributed by atoms with E-state index in [0.29, 0.717) is 0 Å². The van der Waals surface area contributed by atoms with Crippen molar-refractivity contribution in [1.82, 2.24) is 0 Å². The van der Waals surface area contributed by atoms with Gasteiger partial charge in [0.1, 0.15) is 6.61 Å². The molecule has 18 heavy (non-hydrogen) atoms. The van der Waals surface area contributed by atoms with Gasteiger partial charge >= 0.3 is 0 Å². The summed E-state index contributed by atoms with van der Waals surface area (Å²) in [4.78, 5) is 9.79. The van der Waals surface area contributed by atoms with E-state index in [-0.39, 0.29) is 21.4 Å². The number of nitro benzene ring substituents is 1. The van der Waals surface area contributed by atoms with Gasteiger partial charge in [0.05, 0.1) is 27.2 Å². The van der Waals surface area contributed by atoms with E-state index in [2.05, 4.69) is 5.32 Å². The normalized spacial score (nSPS) is 11.4. The highest BCUT2D eigenvalue weighted by molar-refractivity contribution is 6.39. The molecule has 0 saturated heterocycles. The molecule has 1 aromatic rings. The number of hydrogen-bond donors (Lipinski definition) is 2. The lowest BCUT2D eigenvalue weighted by Crippen LogP contribution is -2.31. The molecule has 0 aliphatic heterocycles. The number of nitrogens with one attached hydrogen (secondary N) is 1. The van der Waals surface area contributed by atoms with Crippen LogP contribution in [-0.4, -0.2) is 29.1 Å². The summed E-state index contributed by atoms with van der Waals surface area (Å²) in [5.41, 5.74) is -0.387. The number of halogens is 4. The predicted octanol–water partition coefficient (Wildman–Crippen LogP) is 2.94. The first-order valence-corrected chi connectivity index (χ1v) is 5.38. The van der Waals surface area contributed by atoms with E-state index in [0.717, 1.165) is 12.1 Å². The van der Waals surface area contributed by atoms with Crippen LogP contribution in [0.3, 0.4) is 0 Å². The van der Waals surface area contributed by atoms with Crippen molar-refractivity contribution in [2.45, 2.75) is 5.92 Å². The molecule has 0 spiro atoms. The standard InChI is InChI=1S/C9H8Cl2F2N2O3/c10-6-1-5(15(17)18)2-7(11)8(6)14-3-9(12,13)4-16/h1-2,14,16H,3-4H2. The molecule has 9 heteroatoms. The average molecular weight is 301 g/mol. The smallest absolute Gasteiger partial charge is 0.287 e. The van der Waals surface area contributed by atoms with Gasteiger partial charge in [-0.3, -0.25) is 10.1 Å². The van der Waals surface area contributed by atoms with E-state index in [4.69, 9.17) is 28.3 Å². The van der Waals surface area contributed by atoms with Gasteiger partial charge in [-0.1, -0.05) is 23.2 Å². The number of benzene rings is 1. The Morgan fingerprint density at radius 2 is 1.89 bits per heavy atom. The Labute approximate surface area is 110 Å². The molecule has 0 saturated carbocycles. The molecular weight excluding hydrogens is 293 g/mol. The van der Waals surface area contributed by atoms with Gasteiger partial charge in [0, 0.05) is 12.1 Å². The van der Waals surface area contributed by atoms with Gasteiger partial charge in [-0.15, -0.1) is 0 Å². The maximum absolute atomic E-state index is 12.8. The number of alkyl halides is 2. The van der Waals surface area contributed by atoms with Crippen LogP contribution in [0.5, 0.6) is 0 Å². The van der Waals surface area contributed by atoms with Gasteiger partial charge in [-0.2, -0.15) is 0 Å². The fraction of sp³-hybridized carbons (Fsp3) is 0.333. The van der Waals surface area contributed by atoms with E-state index >= 15 is 0 Å². The van der Waals surface area contributed by atoms with E-state index in [1.54, 1.807) is 0 Å². The van der Waals surface area contributed by atoms with Crippen LogP contribution >= 0.6 is 23.2 Å². The summed E-state index contributed by atoms with van der Waals surface area (Å²) in [7, 11) is 0. The van der Waals surface area contributed by atoms with E-state index in [1.165, 1.54) is 0 Å². The Kier molecular flexibility index (Phi) is 4.66. The minimum atomic E-state index is -3.34. The maximum atomic E-state index is 12.8. The number of hydrogen-bond acceptors (Lipinski definition) is 4. The molecule has 5 nitrogen and oxygen atoms in total. The van der Waals surface area contributed by atoms with Gasteiger partial charge < -0.3 is 10.4 Å². The van der Waals surface area contributed by atoms with Gasteiger partial charge in [0.15, 0.2) is 0 Å². The lowest BCUT2D eigenvalue weighted by atomic mass is 10.2. The summed E-state index contributed by atoms with van der Waals surface area (Å²) < 4.78 is 25.6. The molecule has 0 radical (unpaired) electrons. The summed E-state index contributed by atoms with van der Waals surface area (Å²) in [5.74, 6) is -3.34. The molecule has 0 bridgehead atoms. The number of aliphatic hydroxyl groups excluding tert-OH is 1. The van der Waals surface area contributed by atoms with Crippen LogP contribution in [-0.2, 0) is 0 Å². The molecule has 1 aromatic carbocycles. The molecule has 1 rings (SSSR count). The first-order valence-electron chi connectivity index (χ1n) is 4.63. The van der Waals surface area contributed by atoms with Crippen molar-refractivity contribution >= 4 is 34.6 Å². The maximum Gasteiger partial charge on any atom is 0.287 e. The third-order valence-corrected chi connectivity index (χ3v) is 2.59. The summed E-state index contributed by atoms with van der Waals surface area (Å²) >= 11 is 11.4. The number of nitrogens with zero attached hydrogens (tertiary/aromatic N) is 1. The molecule has 0 heterocycles. The third kappa shape index (κ3) is 3.66. The highest BCUT2D eigenvalue weighted by Crippen LogP contribution is 2.35. The SMILES string of the molecule is O=[N+]([O-])c1cc(Cl)c(NCC(F)(F)CO)c(Cl)c1. The lowest BCUT2D eigenvalue weighted by Gasteiger charge is -2.16. The fourth-order valence-corrected chi connectivity index (χ4v) is 1.72. The molecule has 0 aliphatic rings. The summed E-state index contributed by atoms with van der Waals surface area (Å²) in [6.45, 7) is -2.22. The second kappa shape index (κ2) is 5.64. The van der Waals surface area contributed by atoms with Crippen LogP contribution in [0, 0.1) is 10.1 Å². The Bertz CT molecular complexity index is 448. The molecule has 0 atom stereocenters. The molecule has 0 unspecified atom stereocenters. The van der Waals surface area contributed by atoms with E-state index in [9.17, 15) is 18.9 Å². The molecule has 100 valence electrons. The van der Waals surface area contributed by atoms with Gasteiger partial charge in [-0.25, -0.2) is 8.78 Å². The van der Waals surface area contributed by atoms with E-state index in [1.807, 2.05) is 0 Å². The van der Waals surface area contributed by atoms with E-state index < -0.39 is 24.0 Å². The molecule has 0 amide bonds. The minimum Gasteiger partial charge on any atom is -0.390 e. The number of rotatable bonds is 5. The Hall–Kier alpha value is -1.18. The van der Waals surface area contributed by atoms with Crippen molar-refractivity contribution in [3.8, 4) is 0 Å². The van der Waals surface area contributed by atoms with Crippen LogP contribution < -0.4 is 5.32 Å². The van der Waals surface area contributed by atoms with Crippen LogP contribution in [0.2, 0.25) is 10.0 Å². The second-order valence-corrected chi connectivity index (χ2v) is 4.22. The van der Waals surface area contributed by atoms with Crippen LogP contribution in [0.15, 0.2) is 12.1 Å². The quantitative estimate of drug-likeness (QED) is 0.647. The predicted molar refractivity (Wildman–Crippen MR) is 63.6 cm³/mol. The topological polar surface area (TPSA) is 75.4 Å². The van der Waals surface area contributed by atoms with Gasteiger partial charge in [0.2, 0.25) is 0 Å². The molecule has 0 fully saturated rings. The lowest BCUT2D eigenvalue weighted by molar-refractivity contribution is -0.384. The van der Waals surface area contributed by atoms with Crippen LogP contribution in [0.4, 0.5) is 20.2 Å². The zero-order chi connectivity index (χ0) is 13.9. The van der Waals surface area contributed by atoms with Gasteiger partial charge in [-0.05, 0) is 0 Å². The zero-order valence-corrected chi connectivity index (χ0v) is 10.3. The third-order valence-electron chi connectivity index (χ3n) is 1.99. The van der Waals surface area contributed by atoms with Crippen molar-refractivity contribution in [2.75, 3.05) is 18.5 Å². The highest BCUT2D eigenvalue weighted by atomic mass is 35.5. The van der Waals surface area contributed by atoms with Crippen LogP contribution in [0.1, 0.15) is 0 Å². The number of anilines is 1. The second-order valence-electron chi connectivity index (χ2n) is 3.41. The average Bonchev–Trinajstić information content (AvgIpc) is 2.27. The van der Waals surface area contributed by atoms with Crippen molar-refractivity contribution in [3.05, 3.63) is 32.3 Å². The Morgan fingerprint density at radius 3 is 2.28 bits per heavy atom. The molecular formula is C9H8Cl2F2N2O3. The monoisotopic (exact) mass is 300 g/mol. The Morgan fingerprint density at radius 1 is 1.39 bits per heavy atom. The number of non-ortho nitro benzene ring substituents is 1. The zero-order valence-electron chi connectivity index (χ0n) is 8.79. The summed E-state index contributed by atoms with van der Waals surface area (Å²) in [6, 6.07) is 1.99. The summed E-state index contributed by atoms with van der Waals surface area (Å²) in [5, 5.41) is 20.8.